The van der Waals surface area contributed by atoms with Gasteiger partial charge in [0.05, 0.1) is 18.4 Å². The van der Waals surface area contributed by atoms with Crippen LogP contribution >= 0.6 is 11.6 Å². The van der Waals surface area contributed by atoms with Gasteiger partial charge < -0.3 is 20.3 Å². The lowest BCUT2D eigenvalue weighted by Gasteiger charge is -2.39. The molecule has 0 spiro atoms. The Morgan fingerprint density at radius 1 is 1.02 bits per heavy atom. The van der Waals surface area contributed by atoms with Gasteiger partial charge in [-0.1, -0.05) is 48.0 Å². The molecule has 2 aromatic carbocycles. The zero-order chi connectivity index (χ0) is 27.3. The molecule has 0 unspecified atom stereocenters. The largest absolute Gasteiger partial charge is 0.374 e. The van der Waals surface area contributed by atoms with E-state index >= 15 is 0 Å². The number of rotatable bonds is 8. The van der Waals surface area contributed by atoms with Crippen molar-refractivity contribution < 1.29 is 9.13 Å². The maximum atomic E-state index is 13.5. The highest BCUT2D eigenvalue weighted by Crippen LogP contribution is 2.26. The van der Waals surface area contributed by atoms with Crippen molar-refractivity contribution in [2.75, 3.05) is 69.2 Å². The van der Waals surface area contributed by atoms with Crippen molar-refractivity contribution in [2.45, 2.75) is 32.2 Å². The molecule has 2 saturated heterocycles. The highest BCUT2D eigenvalue weighted by Gasteiger charge is 2.27. The van der Waals surface area contributed by atoms with Gasteiger partial charge in [-0.15, -0.1) is 0 Å². The smallest absolute Gasteiger partial charge is 0.227 e. The van der Waals surface area contributed by atoms with Crippen LogP contribution in [-0.2, 0) is 30.8 Å². The van der Waals surface area contributed by atoms with Crippen molar-refractivity contribution in [1.29, 1.82) is 0 Å². The molecule has 3 aliphatic rings. The molecule has 1 aromatic heterocycles. The van der Waals surface area contributed by atoms with Gasteiger partial charge in [-0.25, -0.2) is 9.37 Å². The van der Waals surface area contributed by atoms with E-state index < -0.39 is 0 Å². The van der Waals surface area contributed by atoms with Crippen LogP contribution in [0.5, 0.6) is 0 Å². The van der Waals surface area contributed by atoms with Gasteiger partial charge in [-0.2, -0.15) is 4.98 Å². The van der Waals surface area contributed by atoms with E-state index in [1.165, 1.54) is 17.7 Å². The Balaban J connectivity index is 1.06. The summed E-state index contributed by atoms with van der Waals surface area (Å²) in [6.07, 6.45) is 1.10. The Labute approximate surface area is 240 Å². The third-order valence-corrected chi connectivity index (χ3v) is 8.32. The summed E-state index contributed by atoms with van der Waals surface area (Å²) < 4.78 is 19.6. The van der Waals surface area contributed by atoms with Gasteiger partial charge in [0.25, 0.3) is 0 Å². The fourth-order valence-corrected chi connectivity index (χ4v) is 5.99. The summed E-state index contributed by atoms with van der Waals surface area (Å²) in [7, 11) is 0. The quantitative estimate of drug-likeness (QED) is 0.430. The van der Waals surface area contributed by atoms with Crippen molar-refractivity contribution in [3.8, 4) is 0 Å². The minimum absolute atomic E-state index is 0.227. The first-order valence-electron chi connectivity index (χ1n) is 14.2. The second-order valence-corrected chi connectivity index (χ2v) is 11.2. The Bertz CT molecular complexity index is 1290. The molecule has 4 heterocycles. The van der Waals surface area contributed by atoms with Crippen LogP contribution in [0, 0.1) is 5.82 Å². The van der Waals surface area contributed by atoms with Crippen molar-refractivity contribution in [1.82, 2.24) is 25.1 Å². The zero-order valence-electron chi connectivity index (χ0n) is 22.8. The lowest BCUT2D eigenvalue weighted by molar-refractivity contribution is -0.0463. The lowest BCUT2D eigenvalue weighted by atomic mass is 10.1. The van der Waals surface area contributed by atoms with Gasteiger partial charge in [-0.05, 0) is 23.3 Å². The van der Waals surface area contributed by atoms with Crippen molar-refractivity contribution >= 4 is 23.4 Å². The first-order valence-corrected chi connectivity index (χ1v) is 14.6. The van der Waals surface area contributed by atoms with Crippen LogP contribution in [0.4, 0.5) is 16.2 Å². The fourth-order valence-electron chi connectivity index (χ4n) is 5.76. The molecule has 10 heteroatoms. The van der Waals surface area contributed by atoms with E-state index in [9.17, 15) is 4.39 Å². The summed E-state index contributed by atoms with van der Waals surface area (Å²) in [6, 6.07) is 15.2. The Hall–Kier alpha value is -2.82. The number of ether oxygens (including phenoxy) is 1. The molecule has 1 atom stereocenters. The van der Waals surface area contributed by atoms with Crippen molar-refractivity contribution in [3.63, 3.8) is 0 Å². The Morgan fingerprint density at radius 3 is 2.70 bits per heavy atom. The first-order chi connectivity index (χ1) is 19.6. The van der Waals surface area contributed by atoms with Crippen LogP contribution in [0.1, 0.15) is 22.4 Å². The molecule has 0 bridgehead atoms. The number of nitrogens with zero attached hydrogens (tertiary/aromatic N) is 5. The summed E-state index contributed by atoms with van der Waals surface area (Å²) in [5.41, 5.74) is 4.38. The van der Waals surface area contributed by atoms with Crippen LogP contribution in [0.2, 0.25) is 5.02 Å². The van der Waals surface area contributed by atoms with Gasteiger partial charge in [0.2, 0.25) is 5.95 Å². The average molecular weight is 566 g/mol. The standard InChI is InChI=1S/C30H37ClFN7O/c31-27-16-24(32)7-6-23(27)17-34-29-26-18-33-9-8-28(26)35-30(36-29)39-12-10-37(11-13-39)20-25-21-38(14-15-40-25)19-22-4-2-1-3-5-22/h1-7,16,25,33H,8-15,17-21H2,(H,34,35,36)/t25-/m1/s1. The summed E-state index contributed by atoms with van der Waals surface area (Å²) >= 11 is 6.27. The van der Waals surface area contributed by atoms with Crippen LogP contribution < -0.4 is 15.5 Å². The van der Waals surface area contributed by atoms with E-state index in [0.29, 0.717) is 11.6 Å². The Morgan fingerprint density at radius 2 is 1.88 bits per heavy atom. The topological polar surface area (TPSA) is 68.8 Å². The fraction of sp³-hybridized carbons (Fsp3) is 0.467. The minimum Gasteiger partial charge on any atom is -0.374 e. The predicted octanol–water partition coefficient (Wildman–Crippen LogP) is 3.55. The molecule has 3 aromatic rings. The van der Waals surface area contributed by atoms with Gasteiger partial charge in [-0.3, -0.25) is 9.80 Å². The highest BCUT2D eigenvalue weighted by atomic mass is 35.5. The lowest BCUT2D eigenvalue weighted by Crippen LogP contribution is -2.52. The van der Waals surface area contributed by atoms with E-state index in [4.69, 9.17) is 26.3 Å². The first kappa shape index (κ1) is 27.4. The average Bonchev–Trinajstić information content (AvgIpc) is 2.98. The number of hydrogen-bond donors (Lipinski definition) is 2. The molecule has 0 radical (unpaired) electrons. The molecule has 8 nitrogen and oxygen atoms in total. The molecule has 0 aliphatic carbocycles. The van der Waals surface area contributed by atoms with E-state index in [-0.39, 0.29) is 11.9 Å². The Kier molecular flexibility index (Phi) is 8.74. The van der Waals surface area contributed by atoms with Crippen molar-refractivity contribution in [3.05, 3.63) is 81.8 Å². The third kappa shape index (κ3) is 6.72. The van der Waals surface area contributed by atoms with Crippen LogP contribution in [-0.4, -0.2) is 84.8 Å². The van der Waals surface area contributed by atoms with Gasteiger partial charge in [0.1, 0.15) is 11.6 Å². The number of anilines is 2. The van der Waals surface area contributed by atoms with E-state index in [0.717, 1.165) is 107 Å². The van der Waals surface area contributed by atoms with Crippen LogP contribution in [0.3, 0.4) is 0 Å². The third-order valence-electron chi connectivity index (χ3n) is 7.97. The number of halogens is 2. The number of fused-ring (bicyclic) bond motifs is 1. The molecular formula is C30H37ClFN7O. The highest BCUT2D eigenvalue weighted by molar-refractivity contribution is 6.31. The molecule has 0 amide bonds. The van der Waals surface area contributed by atoms with Gasteiger partial charge in [0.15, 0.2) is 0 Å². The van der Waals surface area contributed by atoms with Gasteiger partial charge >= 0.3 is 0 Å². The molecule has 2 N–H and O–H groups in total. The van der Waals surface area contributed by atoms with E-state index in [1.54, 1.807) is 6.07 Å². The number of aromatic nitrogens is 2. The molecule has 3 aliphatic heterocycles. The maximum Gasteiger partial charge on any atom is 0.227 e. The van der Waals surface area contributed by atoms with E-state index in [2.05, 4.69) is 55.7 Å². The molecule has 2 fully saturated rings. The summed E-state index contributed by atoms with van der Waals surface area (Å²) in [4.78, 5) is 17.2. The molecule has 212 valence electrons. The number of hydrogen-bond acceptors (Lipinski definition) is 8. The SMILES string of the molecule is Fc1ccc(CNc2nc(N3CCN(C[C@@H]4CN(Cc5ccccc5)CCO4)CC3)nc3c2CNCC3)c(Cl)c1. The van der Waals surface area contributed by atoms with Crippen LogP contribution in [0.15, 0.2) is 48.5 Å². The second-order valence-electron chi connectivity index (χ2n) is 10.8. The molecule has 6 rings (SSSR count). The summed E-state index contributed by atoms with van der Waals surface area (Å²) in [5, 5.41) is 7.30. The predicted molar refractivity (Wildman–Crippen MR) is 156 cm³/mol. The van der Waals surface area contributed by atoms with E-state index in [1.807, 2.05) is 0 Å². The van der Waals surface area contributed by atoms with Crippen LogP contribution in [0.25, 0.3) is 0 Å². The normalized spacial score (nSPS) is 20.4. The van der Waals surface area contributed by atoms with Gasteiger partial charge in [0, 0.05) is 89.0 Å². The molecule has 0 saturated carbocycles. The monoisotopic (exact) mass is 565 g/mol. The van der Waals surface area contributed by atoms with Crippen molar-refractivity contribution in [2.24, 2.45) is 0 Å². The zero-order valence-corrected chi connectivity index (χ0v) is 23.5. The second kappa shape index (κ2) is 12.8. The maximum absolute atomic E-state index is 13.5. The number of morpholine rings is 1. The minimum atomic E-state index is -0.335. The summed E-state index contributed by atoms with van der Waals surface area (Å²) in [6.45, 7) is 10.4. The number of nitrogens with one attached hydrogen (secondary N) is 2. The molecule has 40 heavy (non-hydrogen) atoms. The molecular weight excluding hydrogens is 529 g/mol. The number of piperazine rings is 1. The summed E-state index contributed by atoms with van der Waals surface area (Å²) in [5.74, 6) is 1.26. The number of benzene rings is 2.